The highest BCUT2D eigenvalue weighted by Crippen LogP contribution is 2.31. The first-order chi connectivity index (χ1) is 17.6. The minimum absolute atomic E-state index is 0. The van der Waals surface area contributed by atoms with E-state index in [-0.39, 0.29) is 30.6 Å². The number of carbonyl (C=O) groups is 2. The van der Waals surface area contributed by atoms with E-state index in [0.717, 1.165) is 36.8 Å². The number of rotatable bonds is 8. The maximum atomic E-state index is 13.3. The molecule has 5 rings (SSSR count). The monoisotopic (exact) mass is 524 g/mol. The summed E-state index contributed by atoms with van der Waals surface area (Å²) in [4.78, 5) is 34.0. The molecule has 37 heavy (non-hydrogen) atoms. The smallest absolute Gasteiger partial charge is 0.241 e. The van der Waals surface area contributed by atoms with Crippen LogP contribution in [0.25, 0.3) is 10.9 Å². The molecule has 3 aromatic rings. The number of fused-ring (bicyclic) bond motifs is 1. The van der Waals surface area contributed by atoms with Gasteiger partial charge in [0, 0.05) is 36.9 Å². The van der Waals surface area contributed by atoms with Gasteiger partial charge in [0.05, 0.1) is 24.9 Å². The molecule has 0 aliphatic carbocycles. The Balaban J connectivity index is 0.00000320. The lowest BCUT2D eigenvalue weighted by Crippen LogP contribution is -2.44. The van der Waals surface area contributed by atoms with Crippen molar-refractivity contribution in [2.75, 3.05) is 51.7 Å². The summed E-state index contributed by atoms with van der Waals surface area (Å²) >= 11 is 0. The van der Waals surface area contributed by atoms with Crippen LogP contribution in [0.2, 0.25) is 0 Å². The predicted molar refractivity (Wildman–Crippen MR) is 150 cm³/mol. The van der Waals surface area contributed by atoms with Crippen molar-refractivity contribution < 1.29 is 14.3 Å². The third kappa shape index (κ3) is 6.28. The standard InChI is InChI=1S/C29H36N4O3.ClH/c1-36-29-24(28(35)23-9-8-22-10-13-30-26(22)18-23)6-5-7-25(29)31-19-27(34)33-16-11-21(12-17-33)20-32-14-3-2-4-15-32;/h5-10,13,18,21,30-31H,2-4,11-12,14-17,19-20H2,1H3;1H. The van der Waals surface area contributed by atoms with Gasteiger partial charge in [-0.05, 0) is 74.3 Å². The van der Waals surface area contributed by atoms with E-state index >= 15 is 0 Å². The van der Waals surface area contributed by atoms with E-state index in [2.05, 4.69) is 15.2 Å². The number of ketones is 1. The number of hydrogen-bond acceptors (Lipinski definition) is 5. The minimum atomic E-state index is -0.117. The number of methoxy groups -OCH3 is 1. The maximum absolute atomic E-state index is 13.3. The number of benzene rings is 2. The Kier molecular flexibility index (Phi) is 9.11. The van der Waals surface area contributed by atoms with Crippen LogP contribution in [0.15, 0.2) is 48.7 Å². The molecule has 1 aromatic heterocycles. The molecular weight excluding hydrogens is 488 g/mol. The molecule has 2 aliphatic heterocycles. The average Bonchev–Trinajstić information content (AvgIpc) is 3.40. The first-order valence-electron chi connectivity index (χ1n) is 13.1. The van der Waals surface area contributed by atoms with Gasteiger partial charge >= 0.3 is 0 Å². The Morgan fingerprint density at radius 3 is 2.57 bits per heavy atom. The first-order valence-corrected chi connectivity index (χ1v) is 13.1. The molecule has 0 saturated carbocycles. The fourth-order valence-corrected chi connectivity index (χ4v) is 5.57. The van der Waals surface area contributed by atoms with Gasteiger partial charge in [-0.15, -0.1) is 12.4 Å². The van der Waals surface area contributed by atoms with E-state index in [1.807, 2.05) is 47.5 Å². The van der Waals surface area contributed by atoms with Crippen LogP contribution >= 0.6 is 12.4 Å². The van der Waals surface area contributed by atoms with E-state index in [4.69, 9.17) is 4.74 Å². The molecule has 8 heteroatoms. The number of aromatic amines is 1. The van der Waals surface area contributed by atoms with Crippen LogP contribution in [0.4, 0.5) is 5.69 Å². The summed E-state index contributed by atoms with van der Waals surface area (Å²) in [5.41, 5.74) is 2.63. The summed E-state index contributed by atoms with van der Waals surface area (Å²) in [6, 6.07) is 13.0. The van der Waals surface area contributed by atoms with E-state index in [9.17, 15) is 9.59 Å². The predicted octanol–water partition coefficient (Wildman–Crippen LogP) is 4.97. The molecule has 0 spiro atoms. The number of ether oxygens (including phenoxy) is 1. The number of anilines is 1. The van der Waals surface area contributed by atoms with Crippen LogP contribution in [-0.4, -0.2) is 72.9 Å². The second kappa shape index (κ2) is 12.5. The number of H-pyrrole nitrogens is 1. The van der Waals surface area contributed by atoms with Crippen molar-refractivity contribution in [2.24, 2.45) is 5.92 Å². The molecule has 2 fully saturated rings. The lowest BCUT2D eigenvalue weighted by molar-refractivity contribution is -0.130. The third-order valence-electron chi connectivity index (χ3n) is 7.64. The van der Waals surface area contributed by atoms with Crippen molar-refractivity contribution in [1.82, 2.24) is 14.8 Å². The number of piperidine rings is 2. The van der Waals surface area contributed by atoms with Gasteiger partial charge in [-0.25, -0.2) is 0 Å². The van der Waals surface area contributed by atoms with Gasteiger partial charge in [0.2, 0.25) is 5.91 Å². The third-order valence-corrected chi connectivity index (χ3v) is 7.64. The number of para-hydroxylation sites is 1. The molecule has 3 heterocycles. The number of nitrogens with zero attached hydrogens (tertiary/aromatic N) is 2. The Morgan fingerprint density at radius 2 is 1.81 bits per heavy atom. The Morgan fingerprint density at radius 1 is 1.03 bits per heavy atom. The minimum Gasteiger partial charge on any atom is -0.494 e. The number of halogens is 1. The molecule has 0 bridgehead atoms. The number of carbonyl (C=O) groups excluding carboxylic acids is 2. The summed E-state index contributed by atoms with van der Waals surface area (Å²) in [5.74, 6) is 1.12. The normalized spacial score (nSPS) is 16.8. The number of hydrogen-bond donors (Lipinski definition) is 2. The van der Waals surface area contributed by atoms with Crippen molar-refractivity contribution >= 4 is 40.7 Å². The van der Waals surface area contributed by atoms with Crippen LogP contribution in [-0.2, 0) is 4.79 Å². The van der Waals surface area contributed by atoms with Crippen LogP contribution in [0, 0.1) is 5.92 Å². The van der Waals surface area contributed by atoms with E-state index in [1.165, 1.54) is 38.9 Å². The van der Waals surface area contributed by atoms with Gasteiger partial charge in [-0.3, -0.25) is 9.59 Å². The lowest BCUT2D eigenvalue weighted by Gasteiger charge is -2.36. The van der Waals surface area contributed by atoms with E-state index in [1.54, 1.807) is 13.2 Å². The van der Waals surface area contributed by atoms with Gasteiger partial charge in [-0.2, -0.15) is 0 Å². The fraction of sp³-hybridized carbons (Fsp3) is 0.448. The molecule has 0 unspecified atom stereocenters. The lowest BCUT2D eigenvalue weighted by atomic mass is 9.95. The number of nitrogens with one attached hydrogen (secondary N) is 2. The summed E-state index contributed by atoms with van der Waals surface area (Å²) in [6.45, 7) is 5.44. The zero-order valence-electron chi connectivity index (χ0n) is 21.5. The zero-order chi connectivity index (χ0) is 24.9. The summed E-state index contributed by atoms with van der Waals surface area (Å²) < 4.78 is 5.63. The van der Waals surface area contributed by atoms with Crippen LogP contribution < -0.4 is 10.1 Å². The molecule has 0 radical (unpaired) electrons. The molecule has 2 N–H and O–H groups in total. The SMILES string of the molecule is COc1c(NCC(=O)N2CCC(CN3CCCCC3)CC2)cccc1C(=O)c1ccc2cc[nH]c2c1.Cl. The zero-order valence-corrected chi connectivity index (χ0v) is 22.3. The summed E-state index contributed by atoms with van der Waals surface area (Å²) in [6.07, 6.45) is 8.00. The summed E-state index contributed by atoms with van der Waals surface area (Å²) in [7, 11) is 1.56. The van der Waals surface area contributed by atoms with Crippen LogP contribution in [0.1, 0.15) is 48.0 Å². The molecule has 1 amide bonds. The largest absolute Gasteiger partial charge is 0.494 e. The molecule has 0 atom stereocenters. The Bertz CT molecular complexity index is 1210. The molecule has 2 aliphatic rings. The quantitative estimate of drug-likeness (QED) is 0.407. The molecule has 2 aromatic carbocycles. The van der Waals surface area contributed by atoms with Crippen molar-refractivity contribution in [3.8, 4) is 5.75 Å². The molecule has 2 saturated heterocycles. The van der Waals surface area contributed by atoms with Gasteiger partial charge in [0.1, 0.15) is 0 Å². The number of likely N-dealkylation sites (tertiary alicyclic amines) is 2. The van der Waals surface area contributed by atoms with Gasteiger partial charge in [-0.1, -0.05) is 24.6 Å². The number of amides is 1. The summed E-state index contributed by atoms with van der Waals surface area (Å²) in [5, 5.41) is 4.29. The highest BCUT2D eigenvalue weighted by atomic mass is 35.5. The average molecular weight is 525 g/mol. The van der Waals surface area contributed by atoms with Crippen molar-refractivity contribution in [1.29, 1.82) is 0 Å². The second-order valence-electron chi connectivity index (χ2n) is 10.0. The molecule has 198 valence electrons. The second-order valence-corrected chi connectivity index (χ2v) is 10.0. The van der Waals surface area contributed by atoms with Gasteiger partial charge in [0.15, 0.2) is 11.5 Å². The Labute approximate surface area is 225 Å². The van der Waals surface area contributed by atoms with Gasteiger partial charge in [0.25, 0.3) is 0 Å². The van der Waals surface area contributed by atoms with Crippen molar-refractivity contribution in [3.05, 3.63) is 59.8 Å². The van der Waals surface area contributed by atoms with E-state index < -0.39 is 0 Å². The highest BCUT2D eigenvalue weighted by molar-refractivity contribution is 6.13. The van der Waals surface area contributed by atoms with Crippen molar-refractivity contribution in [3.63, 3.8) is 0 Å². The topological polar surface area (TPSA) is 77.7 Å². The van der Waals surface area contributed by atoms with E-state index in [0.29, 0.717) is 28.5 Å². The maximum Gasteiger partial charge on any atom is 0.241 e. The van der Waals surface area contributed by atoms with Crippen molar-refractivity contribution in [2.45, 2.75) is 32.1 Å². The number of aromatic nitrogens is 1. The van der Waals surface area contributed by atoms with Crippen LogP contribution in [0.5, 0.6) is 5.75 Å². The van der Waals surface area contributed by atoms with Gasteiger partial charge < -0.3 is 24.8 Å². The van der Waals surface area contributed by atoms with Crippen LogP contribution in [0.3, 0.4) is 0 Å². The highest BCUT2D eigenvalue weighted by Gasteiger charge is 2.25. The Hall–Kier alpha value is -3.03. The molecule has 7 nitrogen and oxygen atoms in total. The first kappa shape index (κ1) is 27.0. The molecular formula is C29H37ClN4O3. The fourth-order valence-electron chi connectivity index (χ4n) is 5.57.